The van der Waals surface area contributed by atoms with Crippen LogP contribution in [0.2, 0.25) is 0 Å². The molecule has 2 rings (SSSR count). The van der Waals surface area contributed by atoms with Crippen LogP contribution in [0, 0.1) is 4.91 Å². The maximum absolute atomic E-state index is 12.2. The number of hydrogen-bond donors (Lipinski definition) is 1. The molecule has 0 spiro atoms. The molecule has 1 N–H and O–H groups in total. The SMILES string of the molecule is C=C(C)Oc1ccccc1C(=O)Nc1ncc(N=O)s1. The molecular weight excluding hydrogens is 278 g/mol. The number of carbonyl (C=O) groups excluding carboxylic acids is 1. The van der Waals surface area contributed by atoms with Gasteiger partial charge in [0.25, 0.3) is 5.91 Å². The van der Waals surface area contributed by atoms with Crippen molar-refractivity contribution in [3.05, 3.63) is 53.3 Å². The number of aromatic nitrogens is 1. The first-order valence-electron chi connectivity index (χ1n) is 5.63. The van der Waals surface area contributed by atoms with Crippen LogP contribution in [0.4, 0.5) is 10.1 Å². The van der Waals surface area contributed by atoms with Crippen molar-refractivity contribution in [2.45, 2.75) is 6.92 Å². The van der Waals surface area contributed by atoms with E-state index < -0.39 is 0 Å². The van der Waals surface area contributed by atoms with E-state index in [0.717, 1.165) is 11.3 Å². The highest BCUT2D eigenvalue weighted by Gasteiger charge is 2.14. The lowest BCUT2D eigenvalue weighted by atomic mass is 10.2. The molecule has 102 valence electrons. The summed E-state index contributed by atoms with van der Waals surface area (Å²) in [5.41, 5.74) is 0.353. The number of carbonyl (C=O) groups is 1. The Morgan fingerprint density at radius 3 is 2.85 bits per heavy atom. The van der Waals surface area contributed by atoms with Crippen LogP contribution in [-0.4, -0.2) is 10.9 Å². The fraction of sp³-hybridized carbons (Fsp3) is 0.0769. The van der Waals surface area contributed by atoms with E-state index in [2.05, 4.69) is 22.1 Å². The Kier molecular flexibility index (Phi) is 4.21. The van der Waals surface area contributed by atoms with E-state index in [9.17, 15) is 9.70 Å². The molecule has 1 heterocycles. The number of allylic oxidation sites excluding steroid dienone is 1. The van der Waals surface area contributed by atoms with Gasteiger partial charge >= 0.3 is 0 Å². The molecule has 0 saturated carbocycles. The quantitative estimate of drug-likeness (QED) is 0.672. The summed E-state index contributed by atoms with van der Waals surface area (Å²) in [7, 11) is 0. The van der Waals surface area contributed by atoms with Crippen molar-refractivity contribution in [3.63, 3.8) is 0 Å². The standard InChI is InChI=1S/C13H11N3O3S/c1-8(2)19-10-6-4-3-5-9(10)12(17)15-13-14-7-11(16-18)20-13/h3-7H,1H2,2H3,(H,14,15,17). The third-order valence-corrected chi connectivity index (χ3v) is 3.01. The first-order valence-corrected chi connectivity index (χ1v) is 6.44. The number of nitroso groups, excluding NO2 is 1. The Bertz CT molecular complexity index is 666. The Morgan fingerprint density at radius 1 is 1.45 bits per heavy atom. The Morgan fingerprint density at radius 2 is 2.20 bits per heavy atom. The van der Waals surface area contributed by atoms with Crippen molar-refractivity contribution in [1.29, 1.82) is 0 Å². The second-order valence-electron chi connectivity index (χ2n) is 3.85. The summed E-state index contributed by atoms with van der Waals surface area (Å²) < 4.78 is 5.39. The lowest BCUT2D eigenvalue weighted by molar-refractivity contribution is 0.102. The van der Waals surface area contributed by atoms with Crippen LogP contribution in [0.5, 0.6) is 5.75 Å². The summed E-state index contributed by atoms with van der Waals surface area (Å²) in [6, 6.07) is 6.78. The second-order valence-corrected chi connectivity index (χ2v) is 4.86. The van der Waals surface area contributed by atoms with Crippen molar-refractivity contribution in [3.8, 4) is 5.75 Å². The van der Waals surface area contributed by atoms with Crippen LogP contribution in [0.1, 0.15) is 17.3 Å². The van der Waals surface area contributed by atoms with E-state index in [1.54, 1.807) is 31.2 Å². The minimum absolute atomic E-state index is 0.201. The smallest absolute Gasteiger partial charge is 0.261 e. The largest absolute Gasteiger partial charge is 0.462 e. The topological polar surface area (TPSA) is 80.7 Å². The van der Waals surface area contributed by atoms with Crippen LogP contribution < -0.4 is 10.1 Å². The molecule has 1 aromatic heterocycles. The average molecular weight is 289 g/mol. The minimum Gasteiger partial charge on any atom is -0.462 e. The number of benzene rings is 1. The Hall–Kier alpha value is -2.54. The Balaban J connectivity index is 2.20. The van der Waals surface area contributed by atoms with Gasteiger partial charge in [0.2, 0.25) is 0 Å². The summed E-state index contributed by atoms with van der Waals surface area (Å²) in [6.45, 7) is 5.33. The highest BCUT2D eigenvalue weighted by molar-refractivity contribution is 7.19. The van der Waals surface area contributed by atoms with Crippen molar-refractivity contribution >= 4 is 27.4 Å². The minimum atomic E-state index is -0.381. The molecule has 0 aliphatic carbocycles. The lowest BCUT2D eigenvalue weighted by Crippen LogP contribution is -2.13. The van der Waals surface area contributed by atoms with E-state index in [1.807, 2.05) is 0 Å². The van der Waals surface area contributed by atoms with Gasteiger partial charge in [0, 0.05) is 0 Å². The van der Waals surface area contributed by atoms with Gasteiger partial charge < -0.3 is 4.74 Å². The normalized spacial score (nSPS) is 9.85. The number of nitrogens with one attached hydrogen (secondary N) is 1. The lowest BCUT2D eigenvalue weighted by Gasteiger charge is -2.09. The maximum Gasteiger partial charge on any atom is 0.261 e. The number of nitrogens with zero attached hydrogens (tertiary/aromatic N) is 2. The van der Waals surface area contributed by atoms with Gasteiger partial charge in [-0.25, -0.2) is 4.98 Å². The zero-order valence-electron chi connectivity index (χ0n) is 10.6. The van der Waals surface area contributed by atoms with Gasteiger partial charge in [-0.2, -0.15) is 0 Å². The molecular formula is C13H11N3O3S. The molecule has 0 radical (unpaired) electrons. The number of anilines is 1. The van der Waals surface area contributed by atoms with Gasteiger partial charge in [0.15, 0.2) is 10.1 Å². The first kappa shape index (κ1) is 13.9. The molecule has 1 aromatic carbocycles. The molecule has 2 aromatic rings. The van der Waals surface area contributed by atoms with Gasteiger partial charge in [-0.3, -0.25) is 10.1 Å². The summed E-state index contributed by atoms with van der Waals surface area (Å²) in [4.78, 5) is 26.4. The fourth-order valence-electron chi connectivity index (χ4n) is 1.46. The molecule has 1 amide bonds. The van der Waals surface area contributed by atoms with Crippen molar-refractivity contribution in [2.75, 3.05) is 5.32 Å². The van der Waals surface area contributed by atoms with Crippen molar-refractivity contribution in [2.24, 2.45) is 5.18 Å². The molecule has 0 bridgehead atoms. The van der Waals surface area contributed by atoms with Gasteiger partial charge in [-0.15, -0.1) is 4.91 Å². The first-order chi connectivity index (χ1) is 9.60. The van der Waals surface area contributed by atoms with Gasteiger partial charge in [-0.1, -0.05) is 30.0 Å². The zero-order valence-corrected chi connectivity index (χ0v) is 11.4. The summed E-state index contributed by atoms with van der Waals surface area (Å²) >= 11 is 0.995. The van der Waals surface area contributed by atoms with E-state index in [1.165, 1.54) is 6.20 Å². The predicted molar refractivity (Wildman–Crippen MR) is 77.4 cm³/mol. The number of rotatable bonds is 5. The molecule has 0 atom stereocenters. The number of ether oxygens (including phenoxy) is 1. The Labute approximate surface area is 119 Å². The van der Waals surface area contributed by atoms with Crippen LogP contribution in [0.3, 0.4) is 0 Å². The maximum atomic E-state index is 12.2. The number of thiazole rings is 1. The molecule has 0 fully saturated rings. The number of para-hydroxylation sites is 1. The zero-order chi connectivity index (χ0) is 14.5. The second kappa shape index (κ2) is 6.07. The van der Waals surface area contributed by atoms with Gasteiger partial charge in [0.05, 0.1) is 17.5 Å². The van der Waals surface area contributed by atoms with Gasteiger partial charge in [-0.05, 0) is 24.2 Å². The molecule has 0 aliphatic rings. The molecule has 7 heteroatoms. The van der Waals surface area contributed by atoms with Crippen molar-refractivity contribution in [1.82, 2.24) is 4.98 Å². The molecule has 0 saturated heterocycles. The number of hydrogen-bond acceptors (Lipinski definition) is 6. The summed E-state index contributed by atoms with van der Waals surface area (Å²) in [5, 5.41) is 5.83. The fourth-order valence-corrected chi connectivity index (χ4v) is 2.05. The molecule has 20 heavy (non-hydrogen) atoms. The number of amides is 1. The van der Waals surface area contributed by atoms with E-state index in [4.69, 9.17) is 4.74 Å². The molecule has 6 nitrogen and oxygen atoms in total. The average Bonchev–Trinajstić information content (AvgIpc) is 2.86. The monoisotopic (exact) mass is 289 g/mol. The van der Waals surface area contributed by atoms with Crippen LogP contribution in [0.15, 0.2) is 48.0 Å². The van der Waals surface area contributed by atoms with E-state index >= 15 is 0 Å². The van der Waals surface area contributed by atoms with Crippen LogP contribution in [0.25, 0.3) is 0 Å². The van der Waals surface area contributed by atoms with Crippen LogP contribution >= 0.6 is 11.3 Å². The van der Waals surface area contributed by atoms with E-state index in [0.29, 0.717) is 22.2 Å². The highest BCUT2D eigenvalue weighted by atomic mass is 32.1. The predicted octanol–water partition coefficient (Wildman–Crippen LogP) is 3.71. The summed E-state index contributed by atoms with van der Waals surface area (Å²) in [6.07, 6.45) is 1.30. The highest BCUT2D eigenvalue weighted by Crippen LogP contribution is 2.27. The third kappa shape index (κ3) is 3.27. The molecule has 0 aliphatic heterocycles. The summed E-state index contributed by atoms with van der Waals surface area (Å²) in [5.74, 6) is 0.503. The van der Waals surface area contributed by atoms with Crippen molar-refractivity contribution < 1.29 is 9.53 Å². The van der Waals surface area contributed by atoms with E-state index in [-0.39, 0.29) is 10.9 Å². The third-order valence-electron chi connectivity index (χ3n) is 2.22. The molecule has 0 unspecified atom stereocenters. The van der Waals surface area contributed by atoms with Gasteiger partial charge in [0.1, 0.15) is 5.75 Å². The van der Waals surface area contributed by atoms with Crippen LogP contribution in [-0.2, 0) is 0 Å².